The van der Waals surface area contributed by atoms with Crippen LogP contribution >= 0.6 is 11.6 Å². The van der Waals surface area contributed by atoms with Crippen molar-refractivity contribution in [3.8, 4) is 11.8 Å². The van der Waals surface area contributed by atoms with Gasteiger partial charge in [-0.1, -0.05) is 36.7 Å². The van der Waals surface area contributed by atoms with Crippen molar-refractivity contribution >= 4 is 27.5 Å². The number of halogens is 1. The molecule has 124 valence electrons. The third-order valence-electron chi connectivity index (χ3n) is 3.17. The lowest BCUT2D eigenvalue weighted by Gasteiger charge is -2.09. The van der Waals surface area contributed by atoms with E-state index in [0.717, 1.165) is 6.42 Å². The normalized spacial score (nSPS) is 11.8. The van der Waals surface area contributed by atoms with Crippen LogP contribution in [0, 0.1) is 11.3 Å². The van der Waals surface area contributed by atoms with Gasteiger partial charge in [0.15, 0.2) is 0 Å². The second-order valence-corrected chi connectivity index (χ2v) is 7.32. The first-order valence-corrected chi connectivity index (χ1v) is 9.19. The van der Waals surface area contributed by atoms with E-state index in [1.165, 1.54) is 18.2 Å². The van der Waals surface area contributed by atoms with Crippen molar-refractivity contribution < 1.29 is 13.2 Å². The maximum atomic E-state index is 12.6. The molecule has 0 bridgehead atoms. The van der Waals surface area contributed by atoms with Gasteiger partial charge in [-0.3, -0.25) is 0 Å². The second kappa shape index (κ2) is 8.00. The summed E-state index contributed by atoms with van der Waals surface area (Å²) in [5, 5.41) is 9.78. The van der Waals surface area contributed by atoms with E-state index in [2.05, 4.69) is 0 Å². The van der Waals surface area contributed by atoms with Crippen molar-refractivity contribution in [2.45, 2.75) is 18.2 Å². The Hall–Kier alpha value is -2.29. The first kappa shape index (κ1) is 18.1. The molecule has 0 N–H and O–H groups in total. The third kappa shape index (κ3) is 4.16. The van der Waals surface area contributed by atoms with Crippen LogP contribution in [0.2, 0.25) is 5.02 Å². The number of nitrogens with zero attached hydrogens (tertiary/aromatic N) is 1. The monoisotopic (exact) mass is 361 g/mol. The molecule has 2 aromatic rings. The Kier molecular flexibility index (Phi) is 6.02. The molecule has 0 aliphatic rings. The van der Waals surface area contributed by atoms with Crippen LogP contribution in [0.5, 0.6) is 5.75 Å². The molecule has 2 rings (SSSR count). The lowest BCUT2D eigenvalue weighted by atomic mass is 10.2. The molecule has 0 spiro atoms. The van der Waals surface area contributed by atoms with Crippen LogP contribution in [-0.4, -0.2) is 15.0 Å². The molecular formula is C18H16ClNO3S. The smallest absolute Gasteiger partial charge is 0.216 e. The van der Waals surface area contributed by atoms with Crippen LogP contribution in [-0.2, 0) is 9.84 Å². The van der Waals surface area contributed by atoms with Crippen LogP contribution in [0.3, 0.4) is 0 Å². The fraction of sp³-hybridized carbons (Fsp3) is 0.167. The van der Waals surface area contributed by atoms with Gasteiger partial charge >= 0.3 is 0 Å². The van der Waals surface area contributed by atoms with E-state index >= 15 is 0 Å². The van der Waals surface area contributed by atoms with Gasteiger partial charge < -0.3 is 4.74 Å². The summed E-state index contributed by atoms with van der Waals surface area (Å²) in [4.78, 5) is -0.298. The quantitative estimate of drug-likeness (QED) is 0.712. The molecule has 0 fully saturated rings. The van der Waals surface area contributed by atoms with Gasteiger partial charge in [0.05, 0.1) is 11.5 Å². The van der Waals surface area contributed by atoms with Crippen LogP contribution in [0.4, 0.5) is 0 Å². The Morgan fingerprint density at radius 3 is 2.58 bits per heavy atom. The summed E-state index contributed by atoms with van der Waals surface area (Å²) >= 11 is 5.99. The molecule has 2 aromatic carbocycles. The molecule has 0 aromatic heterocycles. The molecule has 0 radical (unpaired) electrons. The molecule has 0 heterocycles. The number of rotatable bonds is 6. The van der Waals surface area contributed by atoms with Gasteiger partial charge in [0.1, 0.15) is 16.7 Å². The summed E-state index contributed by atoms with van der Waals surface area (Å²) in [6.45, 7) is 2.45. The Morgan fingerprint density at radius 1 is 1.25 bits per heavy atom. The van der Waals surface area contributed by atoms with Crippen molar-refractivity contribution in [3.63, 3.8) is 0 Å². The zero-order valence-corrected chi connectivity index (χ0v) is 14.6. The molecule has 0 aliphatic carbocycles. The minimum atomic E-state index is -3.90. The predicted octanol–water partition coefficient (Wildman–Crippen LogP) is 4.47. The average Bonchev–Trinajstić information content (AvgIpc) is 2.59. The van der Waals surface area contributed by atoms with Crippen molar-refractivity contribution in [2.24, 2.45) is 0 Å². The Labute approximate surface area is 146 Å². The van der Waals surface area contributed by atoms with Crippen molar-refractivity contribution in [3.05, 3.63) is 64.0 Å². The van der Waals surface area contributed by atoms with Crippen molar-refractivity contribution in [1.82, 2.24) is 0 Å². The lowest BCUT2D eigenvalue weighted by Crippen LogP contribution is -2.04. The fourth-order valence-electron chi connectivity index (χ4n) is 2.01. The number of hydrogen-bond donors (Lipinski definition) is 0. The van der Waals surface area contributed by atoms with Gasteiger partial charge in [0.2, 0.25) is 9.84 Å². The van der Waals surface area contributed by atoms with E-state index in [-0.39, 0.29) is 9.80 Å². The van der Waals surface area contributed by atoms with Crippen molar-refractivity contribution in [2.75, 3.05) is 6.61 Å². The molecule has 0 aliphatic heterocycles. The minimum absolute atomic E-state index is 0.0656. The van der Waals surface area contributed by atoms with Gasteiger partial charge in [0, 0.05) is 10.6 Å². The Balaban J connectivity index is 2.52. The average molecular weight is 362 g/mol. The lowest BCUT2D eigenvalue weighted by molar-refractivity contribution is 0.317. The Bertz CT molecular complexity index is 884. The molecule has 6 heteroatoms. The van der Waals surface area contributed by atoms with E-state index < -0.39 is 9.84 Å². The summed E-state index contributed by atoms with van der Waals surface area (Å²) in [6, 6.07) is 14.5. The molecule has 0 amide bonds. The zero-order chi connectivity index (χ0) is 17.6. The number of ether oxygens (including phenoxy) is 1. The Morgan fingerprint density at radius 2 is 1.96 bits per heavy atom. The first-order chi connectivity index (χ1) is 11.5. The predicted molar refractivity (Wildman–Crippen MR) is 94.5 cm³/mol. The summed E-state index contributed by atoms with van der Waals surface area (Å²) in [6.07, 6.45) is 2.10. The highest BCUT2D eigenvalue weighted by atomic mass is 35.5. The SMILES string of the molecule is CCCOc1ccc(Cl)cc1C=C(C#N)S(=O)(=O)c1ccccc1. The number of sulfone groups is 1. The number of hydrogen-bond acceptors (Lipinski definition) is 4. The van der Waals surface area contributed by atoms with Crippen LogP contribution < -0.4 is 4.74 Å². The zero-order valence-electron chi connectivity index (χ0n) is 13.1. The standard InChI is InChI=1S/C18H16ClNO3S/c1-2-10-23-18-9-8-15(19)11-14(18)12-17(13-20)24(21,22)16-6-4-3-5-7-16/h3-9,11-12H,2,10H2,1H3. The van der Waals surface area contributed by atoms with Crippen molar-refractivity contribution in [1.29, 1.82) is 5.26 Å². The topological polar surface area (TPSA) is 67.2 Å². The van der Waals surface area contributed by atoms with Gasteiger partial charge in [-0.15, -0.1) is 0 Å². The van der Waals surface area contributed by atoms with Gasteiger partial charge in [-0.05, 0) is 42.8 Å². The molecule has 24 heavy (non-hydrogen) atoms. The molecular weight excluding hydrogens is 346 g/mol. The molecule has 0 saturated heterocycles. The van der Waals surface area contributed by atoms with Gasteiger partial charge in [-0.2, -0.15) is 5.26 Å². The summed E-state index contributed by atoms with van der Waals surface area (Å²) in [5.74, 6) is 0.484. The highest BCUT2D eigenvalue weighted by Gasteiger charge is 2.21. The van der Waals surface area contributed by atoms with E-state index in [1.54, 1.807) is 42.5 Å². The van der Waals surface area contributed by atoms with Crippen LogP contribution in [0.1, 0.15) is 18.9 Å². The largest absolute Gasteiger partial charge is 0.493 e. The maximum absolute atomic E-state index is 12.6. The fourth-order valence-corrected chi connectivity index (χ4v) is 3.37. The van der Waals surface area contributed by atoms with E-state index in [1.807, 2.05) is 6.92 Å². The summed E-state index contributed by atoms with van der Waals surface area (Å²) < 4.78 is 30.8. The van der Waals surface area contributed by atoms with Crippen LogP contribution in [0.15, 0.2) is 58.3 Å². The first-order valence-electron chi connectivity index (χ1n) is 7.33. The molecule has 4 nitrogen and oxygen atoms in total. The molecule has 0 unspecified atom stereocenters. The van der Waals surface area contributed by atoms with Crippen LogP contribution in [0.25, 0.3) is 6.08 Å². The summed E-state index contributed by atoms with van der Waals surface area (Å²) in [5.41, 5.74) is 0.451. The summed E-state index contributed by atoms with van der Waals surface area (Å²) in [7, 11) is -3.90. The number of benzene rings is 2. The van der Waals surface area contributed by atoms with E-state index in [9.17, 15) is 13.7 Å². The number of allylic oxidation sites excluding steroid dienone is 1. The van der Waals surface area contributed by atoms with E-state index in [4.69, 9.17) is 16.3 Å². The number of nitriles is 1. The van der Waals surface area contributed by atoms with Gasteiger partial charge in [-0.25, -0.2) is 8.42 Å². The minimum Gasteiger partial charge on any atom is -0.493 e. The second-order valence-electron chi connectivity index (χ2n) is 4.97. The highest BCUT2D eigenvalue weighted by Crippen LogP contribution is 2.28. The third-order valence-corrected chi connectivity index (χ3v) is 5.09. The molecule has 0 atom stereocenters. The highest BCUT2D eigenvalue weighted by molar-refractivity contribution is 7.95. The van der Waals surface area contributed by atoms with E-state index in [0.29, 0.717) is 22.9 Å². The maximum Gasteiger partial charge on any atom is 0.216 e. The molecule has 0 saturated carbocycles. The van der Waals surface area contributed by atoms with Gasteiger partial charge in [0.25, 0.3) is 0 Å².